The maximum atomic E-state index is 10.5. The fraction of sp³-hybridized carbons (Fsp3) is 0.500. The Morgan fingerprint density at radius 1 is 1.45 bits per heavy atom. The lowest BCUT2D eigenvalue weighted by Gasteiger charge is -2.05. The summed E-state index contributed by atoms with van der Waals surface area (Å²) in [5.41, 5.74) is 0. The minimum atomic E-state index is -1.06. The Hall–Kier alpha value is -0.560. The number of hydrogen-bond acceptors (Lipinski definition) is 6. The van der Waals surface area contributed by atoms with E-state index in [0.717, 1.165) is 0 Å². The molecule has 0 bridgehead atoms. The molecule has 0 spiro atoms. The third-order valence-electron chi connectivity index (χ3n) is 0.596. The van der Waals surface area contributed by atoms with Crippen LogP contribution in [0.15, 0.2) is 0 Å². The van der Waals surface area contributed by atoms with Gasteiger partial charge >= 0.3 is 12.2 Å². The van der Waals surface area contributed by atoms with E-state index >= 15 is 0 Å². The zero-order valence-electron chi connectivity index (χ0n) is 5.68. The minimum absolute atomic E-state index is 0.144. The van der Waals surface area contributed by atoms with Crippen molar-refractivity contribution in [3.63, 3.8) is 0 Å². The van der Waals surface area contributed by atoms with Crippen LogP contribution in [0, 0.1) is 0 Å². The fourth-order valence-corrected chi connectivity index (χ4v) is 0.341. The molecule has 0 atom stereocenters. The number of rotatable bonds is 1. The predicted octanol–water partition coefficient (Wildman–Crippen LogP) is 1.27. The summed E-state index contributed by atoms with van der Waals surface area (Å²) in [5, 5.41) is 0. The van der Waals surface area contributed by atoms with Crippen molar-refractivity contribution in [3.8, 4) is 0 Å². The second kappa shape index (κ2) is 5.14. The van der Waals surface area contributed by atoms with Gasteiger partial charge in [-0.3, -0.25) is 0 Å². The van der Waals surface area contributed by atoms with Gasteiger partial charge in [-0.25, -0.2) is 9.59 Å². The van der Waals surface area contributed by atoms with Crippen LogP contribution in [-0.2, 0) is 9.47 Å². The van der Waals surface area contributed by atoms with Gasteiger partial charge in [-0.1, -0.05) is 0 Å². The Kier molecular flexibility index (Phi) is 4.88. The highest BCUT2D eigenvalue weighted by Gasteiger charge is 2.13. The first-order chi connectivity index (χ1) is 5.07. The molecule has 0 N–H and O–H groups in total. The standard InChI is InChI=1S/C4H7NO4S2/c1-2-8-4(7)9-3(6)5(10)11/h10-11H,2H2,1H3. The predicted molar refractivity (Wildman–Crippen MR) is 43.3 cm³/mol. The second-order valence-corrected chi connectivity index (χ2v) is 2.46. The Morgan fingerprint density at radius 2 is 2.00 bits per heavy atom. The normalized spacial score (nSPS) is 8.64. The van der Waals surface area contributed by atoms with E-state index in [-0.39, 0.29) is 6.61 Å². The largest absolute Gasteiger partial charge is 0.517 e. The van der Waals surface area contributed by atoms with Crippen LogP contribution in [0.25, 0.3) is 0 Å². The molecule has 0 heterocycles. The van der Waals surface area contributed by atoms with Gasteiger partial charge in [-0.2, -0.15) is 3.71 Å². The summed E-state index contributed by atoms with van der Waals surface area (Å²) < 4.78 is 8.84. The Balaban J connectivity index is 3.67. The number of thiol groups is 2. The van der Waals surface area contributed by atoms with Gasteiger partial charge in [0.1, 0.15) is 0 Å². The van der Waals surface area contributed by atoms with Crippen molar-refractivity contribution >= 4 is 37.9 Å². The molecule has 0 fully saturated rings. The van der Waals surface area contributed by atoms with Crippen molar-refractivity contribution in [1.82, 2.24) is 3.71 Å². The van der Waals surface area contributed by atoms with Gasteiger partial charge in [0.25, 0.3) is 0 Å². The first-order valence-corrected chi connectivity index (χ1v) is 3.44. The summed E-state index contributed by atoms with van der Waals surface area (Å²) >= 11 is 6.90. The topological polar surface area (TPSA) is 55.8 Å². The van der Waals surface area contributed by atoms with E-state index in [9.17, 15) is 9.59 Å². The molecule has 0 aromatic heterocycles. The number of carbonyl (C=O) groups excluding carboxylic acids is 2. The maximum Gasteiger partial charge on any atom is 0.517 e. The summed E-state index contributed by atoms with van der Waals surface area (Å²) in [6.45, 7) is 1.73. The van der Waals surface area contributed by atoms with Gasteiger partial charge in [0.15, 0.2) is 0 Å². The highest BCUT2D eigenvalue weighted by Crippen LogP contribution is 2.01. The minimum Gasteiger partial charge on any atom is -0.434 e. The molecule has 0 saturated heterocycles. The third kappa shape index (κ3) is 4.79. The molecule has 0 unspecified atom stereocenters. The number of ether oxygens (including phenoxy) is 2. The second-order valence-electron chi connectivity index (χ2n) is 1.34. The molecule has 64 valence electrons. The lowest BCUT2D eigenvalue weighted by Crippen LogP contribution is -2.19. The van der Waals surface area contributed by atoms with E-state index in [2.05, 4.69) is 35.1 Å². The monoisotopic (exact) mass is 197 g/mol. The summed E-state index contributed by atoms with van der Waals surface area (Å²) in [5.74, 6) is 0. The van der Waals surface area contributed by atoms with E-state index in [1.165, 1.54) is 0 Å². The fourth-order valence-electron chi connectivity index (χ4n) is 0.259. The SMILES string of the molecule is CCOC(=O)OC(=O)N(S)S. The molecule has 5 nitrogen and oxygen atoms in total. The van der Waals surface area contributed by atoms with Crippen molar-refractivity contribution in [2.75, 3.05) is 6.61 Å². The average molecular weight is 197 g/mol. The number of hydrogen-bond donors (Lipinski definition) is 2. The molecule has 0 radical (unpaired) electrons. The Labute approximate surface area is 74.7 Å². The first-order valence-electron chi connectivity index (χ1n) is 2.64. The lowest BCUT2D eigenvalue weighted by molar-refractivity contribution is 0.0776. The van der Waals surface area contributed by atoms with Crippen molar-refractivity contribution in [2.24, 2.45) is 0 Å². The highest BCUT2D eigenvalue weighted by atomic mass is 32.2. The molecular formula is C4H7NO4S2. The van der Waals surface area contributed by atoms with Gasteiger partial charge in [0, 0.05) is 0 Å². The summed E-state index contributed by atoms with van der Waals surface area (Å²) in [7, 11) is 0. The van der Waals surface area contributed by atoms with Crippen LogP contribution >= 0.6 is 25.6 Å². The molecule has 0 aliphatic heterocycles. The molecule has 0 aromatic rings. The summed E-state index contributed by atoms with van der Waals surface area (Å²) in [4.78, 5) is 20.9. The molecule has 7 heteroatoms. The Bertz CT molecular complexity index is 160. The molecule has 11 heavy (non-hydrogen) atoms. The molecule has 0 rings (SSSR count). The average Bonchev–Trinajstić information content (AvgIpc) is 1.87. The van der Waals surface area contributed by atoms with Crippen molar-refractivity contribution in [2.45, 2.75) is 6.92 Å². The van der Waals surface area contributed by atoms with Crippen molar-refractivity contribution in [3.05, 3.63) is 0 Å². The van der Waals surface area contributed by atoms with Crippen LogP contribution in [0.1, 0.15) is 6.92 Å². The van der Waals surface area contributed by atoms with Gasteiger partial charge in [-0.05, 0) is 32.6 Å². The number of amides is 1. The zero-order valence-corrected chi connectivity index (χ0v) is 7.47. The van der Waals surface area contributed by atoms with Crippen molar-refractivity contribution in [1.29, 1.82) is 0 Å². The van der Waals surface area contributed by atoms with Gasteiger partial charge in [0.2, 0.25) is 0 Å². The van der Waals surface area contributed by atoms with Gasteiger partial charge < -0.3 is 9.47 Å². The summed E-state index contributed by atoms with van der Waals surface area (Å²) in [6.07, 6.45) is -2.07. The zero-order chi connectivity index (χ0) is 8.85. The van der Waals surface area contributed by atoms with Crippen LogP contribution in [0.2, 0.25) is 0 Å². The molecule has 0 aliphatic rings. The Morgan fingerprint density at radius 3 is 2.36 bits per heavy atom. The smallest absolute Gasteiger partial charge is 0.434 e. The molecule has 1 amide bonds. The molecule has 0 saturated carbocycles. The molecule has 0 aromatic carbocycles. The van der Waals surface area contributed by atoms with E-state index in [1.807, 2.05) is 0 Å². The number of nitrogens with zero attached hydrogens (tertiary/aromatic N) is 1. The van der Waals surface area contributed by atoms with E-state index in [1.54, 1.807) is 6.92 Å². The first kappa shape index (κ1) is 10.4. The van der Waals surface area contributed by atoms with E-state index < -0.39 is 12.2 Å². The van der Waals surface area contributed by atoms with Crippen LogP contribution in [0.5, 0.6) is 0 Å². The van der Waals surface area contributed by atoms with Crippen LogP contribution in [0.4, 0.5) is 9.59 Å². The van der Waals surface area contributed by atoms with Crippen LogP contribution in [-0.4, -0.2) is 22.6 Å². The molecular weight excluding hydrogens is 190 g/mol. The van der Waals surface area contributed by atoms with E-state index in [0.29, 0.717) is 3.71 Å². The van der Waals surface area contributed by atoms with Gasteiger partial charge in [0.05, 0.1) is 6.61 Å². The van der Waals surface area contributed by atoms with Crippen molar-refractivity contribution < 1.29 is 19.1 Å². The van der Waals surface area contributed by atoms with Gasteiger partial charge in [-0.15, -0.1) is 0 Å². The quantitative estimate of drug-likeness (QED) is 0.377. The maximum absolute atomic E-state index is 10.5. The third-order valence-corrected chi connectivity index (χ3v) is 0.923. The number of carbonyl (C=O) groups is 2. The van der Waals surface area contributed by atoms with Crippen LogP contribution < -0.4 is 0 Å². The van der Waals surface area contributed by atoms with Crippen LogP contribution in [0.3, 0.4) is 0 Å². The molecule has 0 aliphatic carbocycles. The highest BCUT2D eigenvalue weighted by molar-refractivity contribution is 7.94. The summed E-state index contributed by atoms with van der Waals surface area (Å²) in [6, 6.07) is 0. The lowest BCUT2D eigenvalue weighted by atomic mass is 10.9. The van der Waals surface area contributed by atoms with E-state index in [4.69, 9.17) is 0 Å².